The zero-order chi connectivity index (χ0) is 14.4. The number of ether oxygens (including phenoxy) is 1. The van der Waals surface area contributed by atoms with Crippen LogP contribution in [0.2, 0.25) is 0 Å². The van der Waals surface area contributed by atoms with Crippen molar-refractivity contribution in [3.63, 3.8) is 0 Å². The molecule has 0 fully saturated rings. The van der Waals surface area contributed by atoms with Crippen LogP contribution in [0.3, 0.4) is 0 Å². The lowest BCUT2D eigenvalue weighted by Crippen LogP contribution is -2.22. The van der Waals surface area contributed by atoms with E-state index in [9.17, 15) is 0 Å². The van der Waals surface area contributed by atoms with E-state index in [-0.39, 0.29) is 0 Å². The summed E-state index contributed by atoms with van der Waals surface area (Å²) in [5.41, 5.74) is 6.67. The van der Waals surface area contributed by atoms with Crippen LogP contribution in [0.4, 0.5) is 5.69 Å². The number of aryl methyl sites for hydroxylation is 1. The fraction of sp³-hybridized carbons (Fsp3) is 0.308. The van der Waals surface area contributed by atoms with Gasteiger partial charge in [-0.25, -0.2) is 4.99 Å². The van der Waals surface area contributed by atoms with Crippen LogP contribution in [-0.4, -0.2) is 27.8 Å². The summed E-state index contributed by atoms with van der Waals surface area (Å²) in [5, 5.41) is 10.8. The molecule has 7 heteroatoms. The van der Waals surface area contributed by atoms with Crippen molar-refractivity contribution in [2.24, 2.45) is 10.7 Å². The number of benzene rings is 1. The van der Waals surface area contributed by atoms with E-state index in [1.54, 1.807) is 13.4 Å². The van der Waals surface area contributed by atoms with Crippen LogP contribution >= 0.6 is 0 Å². The Kier molecular flexibility index (Phi) is 4.54. The molecule has 3 N–H and O–H groups in total. The largest absolute Gasteiger partial charge is 0.497 e. The van der Waals surface area contributed by atoms with Crippen LogP contribution in [0.5, 0.6) is 5.75 Å². The van der Waals surface area contributed by atoms with E-state index >= 15 is 0 Å². The maximum Gasteiger partial charge on any atom is 0.193 e. The number of aromatic nitrogens is 3. The molecule has 0 saturated heterocycles. The van der Waals surface area contributed by atoms with Gasteiger partial charge in [0.15, 0.2) is 11.8 Å². The van der Waals surface area contributed by atoms with Crippen molar-refractivity contribution in [2.45, 2.75) is 20.0 Å². The van der Waals surface area contributed by atoms with Crippen LogP contribution in [0.25, 0.3) is 0 Å². The summed E-state index contributed by atoms with van der Waals surface area (Å²) in [4.78, 5) is 4.25. The first-order valence-corrected chi connectivity index (χ1v) is 6.30. The fourth-order valence-electron chi connectivity index (χ4n) is 1.71. The zero-order valence-electron chi connectivity index (χ0n) is 11.6. The molecule has 0 unspecified atom stereocenters. The van der Waals surface area contributed by atoms with Gasteiger partial charge in [-0.15, -0.1) is 10.2 Å². The quantitative estimate of drug-likeness (QED) is 0.632. The Morgan fingerprint density at radius 3 is 3.10 bits per heavy atom. The van der Waals surface area contributed by atoms with Crippen LogP contribution in [0, 0.1) is 0 Å². The van der Waals surface area contributed by atoms with E-state index in [2.05, 4.69) is 20.5 Å². The third-order valence-electron chi connectivity index (χ3n) is 2.77. The molecular weight excluding hydrogens is 256 g/mol. The highest BCUT2D eigenvalue weighted by atomic mass is 16.5. The number of hydrogen-bond acceptors (Lipinski definition) is 4. The SMILES string of the molecule is CCn1cnnc1CN=C(N)Nc1cccc(OC)c1. The second-order valence-corrected chi connectivity index (χ2v) is 4.09. The van der Waals surface area contributed by atoms with Gasteiger partial charge in [0, 0.05) is 18.3 Å². The first-order valence-electron chi connectivity index (χ1n) is 6.30. The third-order valence-corrected chi connectivity index (χ3v) is 2.77. The van der Waals surface area contributed by atoms with Gasteiger partial charge in [0.2, 0.25) is 0 Å². The standard InChI is InChI=1S/C13H18N6O/c1-3-19-9-16-18-12(19)8-15-13(14)17-10-5-4-6-11(7-10)20-2/h4-7,9H,3,8H2,1-2H3,(H3,14,15,17). The zero-order valence-corrected chi connectivity index (χ0v) is 11.6. The number of nitrogens with two attached hydrogens (primary N) is 1. The van der Waals surface area contributed by atoms with E-state index in [0.29, 0.717) is 12.5 Å². The molecule has 0 aliphatic heterocycles. The molecule has 2 aromatic rings. The number of nitrogens with zero attached hydrogens (tertiary/aromatic N) is 4. The molecule has 0 aliphatic rings. The summed E-state index contributed by atoms with van der Waals surface area (Å²) >= 11 is 0. The summed E-state index contributed by atoms with van der Waals surface area (Å²) in [6.07, 6.45) is 1.68. The molecule has 1 aromatic carbocycles. The van der Waals surface area contributed by atoms with Gasteiger partial charge in [-0.2, -0.15) is 0 Å². The van der Waals surface area contributed by atoms with Gasteiger partial charge < -0.3 is 20.4 Å². The summed E-state index contributed by atoms with van der Waals surface area (Å²) < 4.78 is 7.06. The summed E-state index contributed by atoms with van der Waals surface area (Å²) in [5.74, 6) is 1.86. The average molecular weight is 274 g/mol. The molecule has 0 aliphatic carbocycles. The monoisotopic (exact) mass is 274 g/mol. The van der Waals surface area contributed by atoms with Gasteiger partial charge in [-0.05, 0) is 19.1 Å². The van der Waals surface area contributed by atoms with Crippen LogP contribution in [-0.2, 0) is 13.1 Å². The smallest absolute Gasteiger partial charge is 0.193 e. The Hall–Kier alpha value is -2.57. The molecule has 0 atom stereocenters. The van der Waals surface area contributed by atoms with Crippen molar-refractivity contribution >= 4 is 11.6 Å². The highest BCUT2D eigenvalue weighted by molar-refractivity contribution is 5.92. The van der Waals surface area contributed by atoms with Gasteiger partial charge >= 0.3 is 0 Å². The summed E-state index contributed by atoms with van der Waals surface area (Å²) in [6.45, 7) is 3.21. The molecular formula is C13H18N6O. The molecule has 0 amide bonds. The van der Waals surface area contributed by atoms with Crippen LogP contribution in [0.15, 0.2) is 35.6 Å². The minimum absolute atomic E-state index is 0.323. The molecule has 7 nitrogen and oxygen atoms in total. The molecule has 106 valence electrons. The number of guanidine groups is 1. The van der Waals surface area contributed by atoms with Crippen LogP contribution in [0.1, 0.15) is 12.7 Å². The topological polar surface area (TPSA) is 90.4 Å². The number of methoxy groups -OCH3 is 1. The van der Waals surface area contributed by atoms with Gasteiger partial charge in [0.05, 0.1) is 7.11 Å². The second-order valence-electron chi connectivity index (χ2n) is 4.09. The van der Waals surface area contributed by atoms with Gasteiger partial charge in [0.1, 0.15) is 18.6 Å². The minimum atomic E-state index is 0.323. The Morgan fingerprint density at radius 1 is 1.50 bits per heavy atom. The number of anilines is 1. The highest BCUT2D eigenvalue weighted by Gasteiger charge is 2.02. The van der Waals surface area contributed by atoms with Crippen molar-refractivity contribution < 1.29 is 4.74 Å². The number of rotatable bonds is 5. The van der Waals surface area contributed by atoms with Gasteiger partial charge in [-0.1, -0.05) is 6.07 Å². The Labute approximate surface area is 117 Å². The molecule has 1 aromatic heterocycles. The lowest BCUT2D eigenvalue weighted by Gasteiger charge is -2.07. The second kappa shape index (κ2) is 6.55. The molecule has 1 heterocycles. The van der Waals surface area contributed by atoms with Crippen LogP contribution < -0.4 is 15.8 Å². The lowest BCUT2D eigenvalue weighted by atomic mass is 10.3. The van der Waals surface area contributed by atoms with E-state index in [4.69, 9.17) is 10.5 Å². The van der Waals surface area contributed by atoms with Crippen molar-refractivity contribution in [3.05, 3.63) is 36.4 Å². The van der Waals surface area contributed by atoms with E-state index in [1.165, 1.54) is 0 Å². The van der Waals surface area contributed by atoms with Gasteiger partial charge in [-0.3, -0.25) is 0 Å². The minimum Gasteiger partial charge on any atom is -0.497 e. The lowest BCUT2D eigenvalue weighted by molar-refractivity contribution is 0.415. The van der Waals surface area contributed by atoms with Crippen molar-refractivity contribution in [1.82, 2.24) is 14.8 Å². The molecule has 0 saturated carbocycles. The molecule has 0 bridgehead atoms. The Bertz CT molecular complexity index is 592. The fourth-order valence-corrected chi connectivity index (χ4v) is 1.71. The predicted molar refractivity (Wildman–Crippen MR) is 77.6 cm³/mol. The normalized spacial score (nSPS) is 11.4. The summed E-state index contributed by atoms with van der Waals surface area (Å²) in [7, 11) is 1.62. The highest BCUT2D eigenvalue weighted by Crippen LogP contribution is 2.16. The summed E-state index contributed by atoms with van der Waals surface area (Å²) in [6, 6.07) is 7.47. The van der Waals surface area contributed by atoms with Crippen molar-refractivity contribution in [1.29, 1.82) is 0 Å². The first kappa shape index (κ1) is 13.9. The van der Waals surface area contributed by atoms with Crippen molar-refractivity contribution in [3.8, 4) is 5.75 Å². The number of hydrogen-bond donors (Lipinski definition) is 2. The maximum atomic E-state index is 5.85. The third kappa shape index (κ3) is 3.47. The van der Waals surface area contributed by atoms with E-state index in [0.717, 1.165) is 23.8 Å². The molecule has 0 radical (unpaired) electrons. The maximum absolute atomic E-state index is 5.85. The van der Waals surface area contributed by atoms with Gasteiger partial charge in [0.25, 0.3) is 0 Å². The molecule has 0 spiro atoms. The number of aliphatic imine (C=N–C) groups is 1. The first-order chi connectivity index (χ1) is 9.72. The van der Waals surface area contributed by atoms with E-state index in [1.807, 2.05) is 35.8 Å². The van der Waals surface area contributed by atoms with E-state index < -0.39 is 0 Å². The Morgan fingerprint density at radius 2 is 2.35 bits per heavy atom. The average Bonchev–Trinajstić information content (AvgIpc) is 2.93. The number of nitrogens with one attached hydrogen (secondary N) is 1. The Balaban J connectivity index is 2.00. The molecule has 20 heavy (non-hydrogen) atoms. The predicted octanol–water partition coefficient (Wildman–Crippen LogP) is 1.23. The van der Waals surface area contributed by atoms with Crippen molar-refractivity contribution in [2.75, 3.05) is 12.4 Å². The molecule has 2 rings (SSSR count).